The van der Waals surface area contributed by atoms with Crippen molar-refractivity contribution < 1.29 is 4.42 Å². The molecule has 50 heavy (non-hydrogen) atoms. The molecule has 1 aromatic heterocycles. The highest BCUT2D eigenvalue weighted by molar-refractivity contribution is 6.17. The maximum Gasteiger partial charge on any atom is 0.136 e. The molecule has 0 bridgehead atoms. The third kappa shape index (κ3) is 3.21. The first-order chi connectivity index (χ1) is 24.3. The third-order valence-electron chi connectivity index (χ3n) is 12.7. The molecule has 0 N–H and O–H groups in total. The number of benzene rings is 6. The van der Waals surface area contributed by atoms with Crippen LogP contribution < -0.4 is 4.90 Å². The van der Waals surface area contributed by atoms with Crippen molar-refractivity contribution >= 4 is 49.7 Å². The quantitative estimate of drug-likeness (QED) is 0.166. The molecule has 4 atom stereocenters. The zero-order chi connectivity index (χ0) is 33.6. The molecule has 0 saturated carbocycles. The summed E-state index contributed by atoms with van der Waals surface area (Å²) in [6.45, 7) is 9.89. The van der Waals surface area contributed by atoms with Gasteiger partial charge < -0.3 is 9.32 Å². The lowest BCUT2D eigenvalue weighted by Gasteiger charge is -2.61. The molecule has 0 spiro atoms. The topological polar surface area (TPSA) is 16.4 Å². The van der Waals surface area contributed by atoms with Crippen molar-refractivity contribution in [1.29, 1.82) is 0 Å². The minimum Gasteiger partial charge on any atom is -0.456 e. The van der Waals surface area contributed by atoms with Gasteiger partial charge in [-0.3, -0.25) is 0 Å². The van der Waals surface area contributed by atoms with Crippen LogP contribution in [0.15, 0.2) is 161 Å². The first kappa shape index (κ1) is 28.3. The Bertz CT molecular complexity index is 2730. The van der Waals surface area contributed by atoms with Gasteiger partial charge in [-0.2, -0.15) is 0 Å². The molecular formula is C48H37NO. The molecule has 2 nitrogen and oxygen atoms in total. The average Bonchev–Trinajstić information content (AvgIpc) is 3.53. The maximum absolute atomic E-state index is 6.50. The van der Waals surface area contributed by atoms with Crippen molar-refractivity contribution in [3.63, 3.8) is 0 Å². The highest BCUT2D eigenvalue weighted by Gasteiger charge is 2.60. The standard InChI is InChI=1S/C48H37NO/c1-29-26-27-46(2)36-20-10-11-21-39(36)49(38-22-13-15-30-14-5-6-16-31(30)38)47(3)28-37-33-24-25-41-43(34-18-8-12-23-40(34)50-41)42(33)32-17-7-9-19-35(32)48(37,4)44(29)45(46)47/h5-29H,1-4H3. The Morgan fingerprint density at radius 3 is 2.20 bits per heavy atom. The van der Waals surface area contributed by atoms with Gasteiger partial charge in [0.25, 0.3) is 0 Å². The van der Waals surface area contributed by atoms with Gasteiger partial charge >= 0.3 is 0 Å². The Morgan fingerprint density at radius 2 is 1.32 bits per heavy atom. The number of anilines is 2. The van der Waals surface area contributed by atoms with E-state index in [2.05, 4.69) is 178 Å². The summed E-state index contributed by atoms with van der Waals surface area (Å²) in [7, 11) is 0. The molecule has 2 heterocycles. The van der Waals surface area contributed by atoms with Gasteiger partial charge in [0.15, 0.2) is 0 Å². The van der Waals surface area contributed by atoms with Gasteiger partial charge in [0.05, 0.1) is 11.2 Å². The predicted molar refractivity (Wildman–Crippen MR) is 208 cm³/mol. The predicted octanol–water partition coefficient (Wildman–Crippen LogP) is 12.4. The summed E-state index contributed by atoms with van der Waals surface area (Å²) in [5.74, 6) is 0.249. The summed E-state index contributed by atoms with van der Waals surface area (Å²) in [4.78, 5) is 2.67. The lowest BCUT2D eigenvalue weighted by molar-refractivity contribution is 0.447. The van der Waals surface area contributed by atoms with E-state index in [1.807, 2.05) is 0 Å². The van der Waals surface area contributed by atoms with Crippen molar-refractivity contribution in [1.82, 2.24) is 0 Å². The van der Waals surface area contributed by atoms with Gasteiger partial charge in [-0.05, 0) is 101 Å². The molecule has 0 amide bonds. The second kappa shape index (κ2) is 9.34. The van der Waals surface area contributed by atoms with Crippen LogP contribution in [-0.2, 0) is 10.8 Å². The minimum absolute atomic E-state index is 0.249. The summed E-state index contributed by atoms with van der Waals surface area (Å²) in [5.41, 5.74) is 14.3. The summed E-state index contributed by atoms with van der Waals surface area (Å²) < 4.78 is 6.50. The van der Waals surface area contributed by atoms with E-state index in [-0.39, 0.29) is 16.7 Å². The highest BCUT2D eigenvalue weighted by atomic mass is 16.3. The van der Waals surface area contributed by atoms with E-state index < -0.39 is 5.54 Å². The number of fused-ring (bicyclic) bond motifs is 14. The molecule has 0 fully saturated rings. The lowest BCUT2D eigenvalue weighted by atomic mass is 9.48. The first-order valence-corrected chi connectivity index (χ1v) is 17.9. The number of para-hydroxylation sites is 2. The van der Waals surface area contributed by atoms with Crippen molar-refractivity contribution in [2.24, 2.45) is 5.92 Å². The van der Waals surface area contributed by atoms with Crippen LogP contribution in [0.2, 0.25) is 0 Å². The molecule has 1 aliphatic heterocycles. The second-order valence-electron chi connectivity index (χ2n) is 15.3. The normalized spacial score (nSPS) is 26.0. The minimum atomic E-state index is -0.465. The van der Waals surface area contributed by atoms with Crippen LogP contribution in [0.4, 0.5) is 11.4 Å². The van der Waals surface area contributed by atoms with Crippen LogP contribution in [0.25, 0.3) is 49.4 Å². The number of furan rings is 1. The number of rotatable bonds is 1. The van der Waals surface area contributed by atoms with Crippen LogP contribution in [0.1, 0.15) is 44.4 Å². The van der Waals surface area contributed by atoms with Crippen LogP contribution in [0.5, 0.6) is 0 Å². The molecule has 0 saturated heterocycles. The van der Waals surface area contributed by atoms with Gasteiger partial charge in [-0.15, -0.1) is 0 Å². The Labute approximate surface area is 292 Å². The number of hydrogen-bond donors (Lipinski definition) is 0. The molecule has 4 aliphatic rings. The smallest absolute Gasteiger partial charge is 0.136 e. The molecule has 7 aromatic rings. The van der Waals surface area contributed by atoms with Crippen molar-refractivity contribution in [2.75, 3.05) is 4.90 Å². The average molecular weight is 644 g/mol. The van der Waals surface area contributed by atoms with Crippen LogP contribution in [-0.4, -0.2) is 5.54 Å². The SMILES string of the molecule is CC1C=CC2(C)C3=C1C1(C)C(=CC3(C)N(c3cccc4ccccc34)c3ccccc32)c2ccc3oc4ccccc4c3c2-c2ccccc21. The molecular weight excluding hydrogens is 607 g/mol. The summed E-state index contributed by atoms with van der Waals surface area (Å²) in [6.07, 6.45) is 7.67. The van der Waals surface area contributed by atoms with Crippen LogP contribution >= 0.6 is 0 Å². The van der Waals surface area contributed by atoms with E-state index in [0.29, 0.717) is 0 Å². The second-order valence-corrected chi connectivity index (χ2v) is 15.3. The van der Waals surface area contributed by atoms with E-state index in [0.717, 1.165) is 11.2 Å². The summed E-state index contributed by atoms with van der Waals surface area (Å²) >= 11 is 0. The van der Waals surface area contributed by atoms with Crippen molar-refractivity contribution in [2.45, 2.75) is 44.1 Å². The van der Waals surface area contributed by atoms with Crippen LogP contribution in [0, 0.1) is 5.92 Å². The Morgan fingerprint density at radius 1 is 0.620 bits per heavy atom. The zero-order valence-electron chi connectivity index (χ0n) is 28.8. The van der Waals surface area contributed by atoms with E-state index in [1.165, 1.54) is 77.5 Å². The lowest BCUT2D eigenvalue weighted by Crippen LogP contribution is -2.59. The molecule has 240 valence electrons. The largest absolute Gasteiger partial charge is 0.456 e. The van der Waals surface area contributed by atoms with E-state index in [4.69, 9.17) is 4.42 Å². The monoisotopic (exact) mass is 643 g/mol. The fraction of sp³-hybridized carbons (Fsp3) is 0.167. The van der Waals surface area contributed by atoms with Gasteiger partial charge in [0.2, 0.25) is 0 Å². The Balaban J connectivity index is 1.32. The van der Waals surface area contributed by atoms with Gasteiger partial charge in [-0.25, -0.2) is 0 Å². The van der Waals surface area contributed by atoms with E-state index in [1.54, 1.807) is 0 Å². The number of allylic oxidation sites excluding steroid dienone is 4. The Kier molecular flexibility index (Phi) is 5.28. The molecule has 0 radical (unpaired) electrons. The zero-order valence-corrected chi connectivity index (χ0v) is 28.8. The summed E-state index contributed by atoms with van der Waals surface area (Å²) in [6, 6.07) is 47.0. The molecule has 6 aromatic carbocycles. The molecule has 2 heteroatoms. The number of hydrogen-bond acceptors (Lipinski definition) is 2. The third-order valence-corrected chi connectivity index (χ3v) is 12.7. The van der Waals surface area contributed by atoms with E-state index >= 15 is 0 Å². The summed E-state index contributed by atoms with van der Waals surface area (Å²) in [5, 5.41) is 4.90. The maximum atomic E-state index is 6.50. The van der Waals surface area contributed by atoms with Gasteiger partial charge in [-0.1, -0.05) is 122 Å². The van der Waals surface area contributed by atoms with E-state index in [9.17, 15) is 0 Å². The molecule has 11 rings (SSSR count). The van der Waals surface area contributed by atoms with Gasteiger partial charge in [0.1, 0.15) is 11.2 Å². The van der Waals surface area contributed by atoms with Crippen LogP contribution in [0.3, 0.4) is 0 Å². The van der Waals surface area contributed by atoms with Crippen molar-refractivity contribution in [3.05, 3.63) is 173 Å². The highest BCUT2D eigenvalue weighted by Crippen LogP contribution is 2.68. The molecule has 3 aliphatic carbocycles. The fourth-order valence-electron chi connectivity index (χ4n) is 10.8. The molecule has 4 unspecified atom stereocenters. The van der Waals surface area contributed by atoms with Gasteiger partial charge in [0, 0.05) is 38.2 Å². The van der Waals surface area contributed by atoms with Crippen molar-refractivity contribution in [3.8, 4) is 11.1 Å². The Hall–Kier alpha value is -5.60. The first-order valence-electron chi connectivity index (χ1n) is 17.9. The fourth-order valence-corrected chi connectivity index (χ4v) is 10.8. The number of nitrogens with zero attached hydrogens (tertiary/aromatic N) is 1.